The molecule has 4 nitrogen and oxygen atoms in total. The minimum atomic E-state index is -0.196. The lowest BCUT2D eigenvalue weighted by Gasteiger charge is -2.26. The minimum Gasteiger partial charge on any atom is -0.353 e. The molecule has 0 atom stereocenters. The highest BCUT2D eigenvalue weighted by molar-refractivity contribution is 5.88. The van der Waals surface area contributed by atoms with Gasteiger partial charge in [-0.2, -0.15) is 0 Å². The second-order valence-corrected chi connectivity index (χ2v) is 8.43. The number of aromatic nitrogens is 1. The lowest BCUT2D eigenvalue weighted by Crippen LogP contribution is -2.39. The Labute approximate surface area is 150 Å². The fourth-order valence-corrected chi connectivity index (χ4v) is 4.21. The molecule has 1 amide bonds. The Hall–Kier alpha value is -1.81. The van der Waals surface area contributed by atoms with Crippen LogP contribution in [0.25, 0.3) is 10.9 Å². The van der Waals surface area contributed by atoms with Crippen molar-refractivity contribution in [1.29, 1.82) is 0 Å². The summed E-state index contributed by atoms with van der Waals surface area (Å²) in [4.78, 5) is 15.1. The van der Waals surface area contributed by atoms with Crippen LogP contribution < -0.4 is 5.32 Å². The maximum atomic E-state index is 12.7. The van der Waals surface area contributed by atoms with E-state index in [4.69, 9.17) is 0 Å². The molecule has 1 aliphatic carbocycles. The predicted molar refractivity (Wildman–Crippen MR) is 102 cm³/mol. The monoisotopic (exact) mass is 339 g/mol. The molecule has 2 aromatic rings. The Morgan fingerprint density at radius 2 is 2.08 bits per heavy atom. The molecule has 1 aromatic heterocycles. The van der Waals surface area contributed by atoms with E-state index in [0.29, 0.717) is 0 Å². The average molecular weight is 339 g/mol. The third-order valence-electron chi connectivity index (χ3n) is 5.82. The van der Waals surface area contributed by atoms with Crippen LogP contribution in [0.5, 0.6) is 0 Å². The molecule has 1 saturated carbocycles. The maximum absolute atomic E-state index is 12.7. The van der Waals surface area contributed by atoms with Crippen molar-refractivity contribution in [2.45, 2.75) is 59.2 Å². The number of hydrogen-bond donors (Lipinski definition) is 1. The summed E-state index contributed by atoms with van der Waals surface area (Å²) in [6, 6.07) is 6.97. The third kappa shape index (κ3) is 2.86. The van der Waals surface area contributed by atoms with E-state index >= 15 is 0 Å². The molecule has 0 spiro atoms. The number of fused-ring (bicyclic) bond motifs is 3. The number of aryl methyl sites for hydroxylation is 1. The van der Waals surface area contributed by atoms with Crippen LogP contribution in [0.2, 0.25) is 0 Å². The van der Waals surface area contributed by atoms with Gasteiger partial charge in [-0.05, 0) is 58.4 Å². The molecule has 4 heteroatoms. The lowest BCUT2D eigenvalue weighted by molar-refractivity contribution is -0.127. The second kappa shape index (κ2) is 5.87. The van der Waals surface area contributed by atoms with Crippen LogP contribution in [-0.4, -0.2) is 35.0 Å². The van der Waals surface area contributed by atoms with Gasteiger partial charge in [0, 0.05) is 48.7 Å². The van der Waals surface area contributed by atoms with Gasteiger partial charge < -0.3 is 14.8 Å². The second-order valence-electron chi connectivity index (χ2n) is 8.43. The van der Waals surface area contributed by atoms with Gasteiger partial charge in [-0.15, -0.1) is 0 Å². The Morgan fingerprint density at radius 1 is 1.32 bits per heavy atom. The molecular weight excluding hydrogens is 310 g/mol. The molecule has 134 valence electrons. The van der Waals surface area contributed by atoms with E-state index in [1.54, 1.807) is 0 Å². The zero-order valence-corrected chi connectivity index (χ0v) is 15.9. The number of likely N-dealkylation sites (N-methyl/N-ethyl adjacent to an activating group) is 1. The first-order valence-corrected chi connectivity index (χ1v) is 9.50. The van der Waals surface area contributed by atoms with Crippen molar-refractivity contribution >= 4 is 16.8 Å². The largest absolute Gasteiger partial charge is 0.353 e. The molecule has 0 unspecified atom stereocenters. The summed E-state index contributed by atoms with van der Waals surface area (Å²) in [7, 11) is 2.19. The number of carbonyl (C=O) groups excluding carboxylic acids is 1. The molecule has 1 aromatic carbocycles. The molecule has 1 aliphatic heterocycles. The van der Waals surface area contributed by atoms with Crippen molar-refractivity contribution < 1.29 is 4.79 Å². The van der Waals surface area contributed by atoms with E-state index in [1.807, 2.05) is 13.8 Å². The fourth-order valence-electron chi connectivity index (χ4n) is 4.21. The molecule has 2 aliphatic rings. The molecule has 1 N–H and O–H groups in total. The van der Waals surface area contributed by atoms with Crippen LogP contribution in [0.15, 0.2) is 18.2 Å². The van der Waals surface area contributed by atoms with Crippen molar-refractivity contribution in [3.63, 3.8) is 0 Å². The van der Waals surface area contributed by atoms with Crippen molar-refractivity contribution in [3.8, 4) is 0 Å². The van der Waals surface area contributed by atoms with Gasteiger partial charge in [0.1, 0.15) is 0 Å². The van der Waals surface area contributed by atoms with E-state index in [-0.39, 0.29) is 17.4 Å². The van der Waals surface area contributed by atoms with E-state index in [1.165, 1.54) is 27.7 Å². The van der Waals surface area contributed by atoms with Crippen LogP contribution in [0.3, 0.4) is 0 Å². The fraction of sp³-hybridized carbons (Fsp3) is 0.571. The smallest absolute Gasteiger partial charge is 0.228 e. The first-order valence-electron chi connectivity index (χ1n) is 9.50. The predicted octanol–water partition coefficient (Wildman–Crippen LogP) is 3.24. The SMILES string of the molecule is Cc1ccc2c(c1)c1c(n2CC2(C(=O)NC(C)C)CC2)CCN(C)C1. The number of hydrogen-bond acceptors (Lipinski definition) is 2. The third-order valence-corrected chi connectivity index (χ3v) is 5.82. The zero-order chi connectivity index (χ0) is 17.8. The number of benzene rings is 1. The van der Waals surface area contributed by atoms with Gasteiger partial charge in [-0.3, -0.25) is 4.79 Å². The average Bonchev–Trinajstić information content (AvgIpc) is 3.28. The summed E-state index contributed by atoms with van der Waals surface area (Å²) in [6.45, 7) is 9.17. The number of nitrogens with zero attached hydrogens (tertiary/aromatic N) is 2. The van der Waals surface area contributed by atoms with Crippen LogP contribution >= 0.6 is 0 Å². The molecule has 1 fully saturated rings. The van der Waals surface area contributed by atoms with Gasteiger partial charge in [0.05, 0.1) is 5.41 Å². The van der Waals surface area contributed by atoms with Gasteiger partial charge in [0.25, 0.3) is 0 Å². The summed E-state index contributed by atoms with van der Waals surface area (Å²) in [5.74, 6) is 0.234. The molecule has 0 radical (unpaired) electrons. The highest BCUT2D eigenvalue weighted by atomic mass is 16.2. The highest BCUT2D eigenvalue weighted by Crippen LogP contribution is 2.49. The topological polar surface area (TPSA) is 37.3 Å². The molecule has 4 rings (SSSR count). The van der Waals surface area contributed by atoms with Gasteiger partial charge in [-0.25, -0.2) is 0 Å². The van der Waals surface area contributed by atoms with Crippen LogP contribution in [0.4, 0.5) is 0 Å². The number of carbonyl (C=O) groups is 1. The number of nitrogens with one attached hydrogen (secondary N) is 1. The maximum Gasteiger partial charge on any atom is 0.228 e. The molecule has 25 heavy (non-hydrogen) atoms. The Kier molecular flexibility index (Phi) is 3.91. The van der Waals surface area contributed by atoms with Gasteiger partial charge in [0.2, 0.25) is 5.91 Å². The summed E-state index contributed by atoms with van der Waals surface area (Å²) in [6.07, 6.45) is 3.08. The van der Waals surface area contributed by atoms with E-state index < -0.39 is 0 Å². The van der Waals surface area contributed by atoms with Crippen LogP contribution in [-0.2, 0) is 24.3 Å². The first-order chi connectivity index (χ1) is 11.9. The Bertz CT molecular complexity index is 829. The van der Waals surface area contributed by atoms with Gasteiger partial charge in [0.15, 0.2) is 0 Å². The standard InChI is InChI=1S/C21H29N3O/c1-14(2)22-20(25)21(8-9-21)13-24-18-6-5-15(3)11-16(18)17-12-23(4)10-7-19(17)24/h5-6,11,14H,7-10,12-13H2,1-4H3,(H,22,25). The molecule has 0 bridgehead atoms. The van der Waals surface area contributed by atoms with Crippen molar-refractivity contribution in [2.75, 3.05) is 13.6 Å². The molecule has 0 saturated heterocycles. The zero-order valence-electron chi connectivity index (χ0n) is 15.9. The van der Waals surface area contributed by atoms with Crippen molar-refractivity contribution in [1.82, 2.24) is 14.8 Å². The normalized spacial score (nSPS) is 19.2. The highest BCUT2D eigenvalue weighted by Gasteiger charge is 2.50. The summed E-state index contributed by atoms with van der Waals surface area (Å²) < 4.78 is 2.46. The number of amides is 1. The summed E-state index contributed by atoms with van der Waals surface area (Å²) in [5.41, 5.74) is 5.32. The van der Waals surface area contributed by atoms with Gasteiger partial charge >= 0.3 is 0 Å². The summed E-state index contributed by atoms with van der Waals surface area (Å²) in [5, 5.41) is 4.52. The molecular formula is C21H29N3O. The quantitative estimate of drug-likeness (QED) is 0.928. The van der Waals surface area contributed by atoms with Crippen molar-refractivity contribution in [3.05, 3.63) is 35.0 Å². The molecule has 2 heterocycles. The van der Waals surface area contributed by atoms with Crippen LogP contribution in [0.1, 0.15) is 43.5 Å². The van der Waals surface area contributed by atoms with Gasteiger partial charge in [-0.1, -0.05) is 11.6 Å². The van der Waals surface area contributed by atoms with E-state index in [2.05, 4.69) is 47.0 Å². The minimum absolute atomic E-state index is 0.196. The van der Waals surface area contributed by atoms with E-state index in [9.17, 15) is 4.79 Å². The van der Waals surface area contributed by atoms with Crippen LogP contribution in [0, 0.1) is 12.3 Å². The Morgan fingerprint density at radius 3 is 2.76 bits per heavy atom. The first kappa shape index (κ1) is 16.6. The lowest BCUT2D eigenvalue weighted by atomic mass is 10.0. The van der Waals surface area contributed by atoms with Crippen molar-refractivity contribution in [2.24, 2.45) is 5.41 Å². The van der Waals surface area contributed by atoms with E-state index in [0.717, 1.165) is 38.9 Å². The summed E-state index contributed by atoms with van der Waals surface area (Å²) >= 11 is 0. The number of rotatable bonds is 4. The Balaban J connectivity index is 1.76.